The molecule has 0 fully saturated rings. The van der Waals surface area contributed by atoms with Crippen LogP contribution in [-0.4, -0.2) is 29.7 Å². The standard InChI is InChI=1S/C14H16N2O3S/c1-19-8-13-16-11(9-20-13)14(18)15-7-12(17)10-5-3-2-4-6-10/h2-6,9,12,17H,7-8H2,1H3,(H,15,18)/t12-/m1/s1. The van der Waals surface area contributed by atoms with E-state index >= 15 is 0 Å². The smallest absolute Gasteiger partial charge is 0.270 e. The second kappa shape index (κ2) is 7.14. The Balaban J connectivity index is 1.88. The Kier molecular flexibility index (Phi) is 5.23. The van der Waals surface area contributed by atoms with E-state index in [1.165, 1.54) is 11.3 Å². The molecule has 2 rings (SSSR count). The zero-order valence-corrected chi connectivity index (χ0v) is 11.9. The van der Waals surface area contributed by atoms with Gasteiger partial charge in [0.15, 0.2) is 0 Å². The monoisotopic (exact) mass is 292 g/mol. The van der Waals surface area contributed by atoms with Crippen LogP contribution in [0.4, 0.5) is 0 Å². The molecule has 0 bridgehead atoms. The van der Waals surface area contributed by atoms with Crippen LogP contribution in [0.15, 0.2) is 35.7 Å². The second-order valence-electron chi connectivity index (χ2n) is 4.20. The number of hydrogen-bond acceptors (Lipinski definition) is 5. The lowest BCUT2D eigenvalue weighted by molar-refractivity contribution is 0.0911. The Hall–Kier alpha value is -1.76. The van der Waals surface area contributed by atoms with Crippen LogP contribution < -0.4 is 5.32 Å². The van der Waals surface area contributed by atoms with Gasteiger partial charge in [-0.05, 0) is 5.56 Å². The number of aromatic nitrogens is 1. The number of nitrogens with zero attached hydrogens (tertiary/aromatic N) is 1. The van der Waals surface area contributed by atoms with Crippen molar-refractivity contribution in [3.05, 3.63) is 52.0 Å². The van der Waals surface area contributed by atoms with Gasteiger partial charge in [0.1, 0.15) is 10.7 Å². The number of amides is 1. The minimum atomic E-state index is -0.725. The maximum absolute atomic E-state index is 11.9. The summed E-state index contributed by atoms with van der Waals surface area (Å²) in [5.74, 6) is -0.293. The van der Waals surface area contributed by atoms with Gasteiger partial charge in [-0.2, -0.15) is 0 Å². The number of aliphatic hydroxyl groups is 1. The molecule has 0 aliphatic heterocycles. The molecule has 1 amide bonds. The number of benzene rings is 1. The lowest BCUT2D eigenvalue weighted by Gasteiger charge is -2.11. The summed E-state index contributed by atoms with van der Waals surface area (Å²) < 4.78 is 4.95. The van der Waals surface area contributed by atoms with Crippen LogP contribution in [0.1, 0.15) is 27.2 Å². The van der Waals surface area contributed by atoms with Crippen molar-refractivity contribution in [2.75, 3.05) is 13.7 Å². The van der Waals surface area contributed by atoms with Crippen molar-refractivity contribution in [3.63, 3.8) is 0 Å². The highest BCUT2D eigenvalue weighted by atomic mass is 32.1. The van der Waals surface area contributed by atoms with Crippen molar-refractivity contribution in [1.29, 1.82) is 0 Å². The number of thiazole rings is 1. The normalized spacial score (nSPS) is 12.1. The van der Waals surface area contributed by atoms with Crippen molar-refractivity contribution < 1.29 is 14.6 Å². The topological polar surface area (TPSA) is 71.5 Å². The van der Waals surface area contributed by atoms with Crippen molar-refractivity contribution in [3.8, 4) is 0 Å². The molecule has 1 heterocycles. The van der Waals surface area contributed by atoms with Crippen LogP contribution in [-0.2, 0) is 11.3 Å². The zero-order chi connectivity index (χ0) is 14.4. The summed E-state index contributed by atoms with van der Waals surface area (Å²) in [5, 5.41) is 15.1. The minimum absolute atomic E-state index is 0.153. The molecule has 0 spiro atoms. The molecule has 0 unspecified atom stereocenters. The molecule has 1 aromatic heterocycles. The number of carbonyl (C=O) groups excluding carboxylic acids is 1. The average Bonchev–Trinajstić information content (AvgIpc) is 2.94. The summed E-state index contributed by atoms with van der Waals surface area (Å²) in [4.78, 5) is 16.0. The molecule has 0 saturated carbocycles. The molecule has 2 aromatic rings. The van der Waals surface area contributed by atoms with E-state index < -0.39 is 6.10 Å². The zero-order valence-electron chi connectivity index (χ0n) is 11.1. The fourth-order valence-corrected chi connectivity index (χ4v) is 2.42. The molecular weight excluding hydrogens is 276 g/mol. The fourth-order valence-electron chi connectivity index (χ4n) is 1.68. The van der Waals surface area contributed by atoms with Gasteiger partial charge in [0.2, 0.25) is 0 Å². The van der Waals surface area contributed by atoms with Gasteiger partial charge in [-0.15, -0.1) is 11.3 Å². The van der Waals surface area contributed by atoms with Crippen molar-refractivity contribution in [1.82, 2.24) is 10.3 Å². The van der Waals surface area contributed by atoms with Gasteiger partial charge in [0.25, 0.3) is 5.91 Å². The summed E-state index contributed by atoms with van der Waals surface area (Å²) in [5.41, 5.74) is 1.12. The Morgan fingerprint density at radius 2 is 2.20 bits per heavy atom. The first-order valence-electron chi connectivity index (χ1n) is 6.15. The van der Waals surface area contributed by atoms with Gasteiger partial charge in [-0.3, -0.25) is 4.79 Å². The van der Waals surface area contributed by atoms with Gasteiger partial charge in [-0.1, -0.05) is 30.3 Å². The first-order chi connectivity index (χ1) is 9.70. The number of nitrogens with one attached hydrogen (secondary N) is 1. The van der Waals surface area contributed by atoms with Crippen molar-refractivity contribution in [2.24, 2.45) is 0 Å². The molecule has 0 saturated heterocycles. The number of ether oxygens (including phenoxy) is 1. The summed E-state index contributed by atoms with van der Waals surface area (Å²) in [6.45, 7) is 0.546. The lowest BCUT2D eigenvalue weighted by Crippen LogP contribution is -2.28. The number of aliphatic hydroxyl groups excluding tert-OH is 1. The molecule has 20 heavy (non-hydrogen) atoms. The van der Waals surface area contributed by atoms with E-state index in [-0.39, 0.29) is 12.5 Å². The van der Waals surface area contributed by atoms with E-state index in [4.69, 9.17) is 4.74 Å². The van der Waals surface area contributed by atoms with E-state index in [1.54, 1.807) is 12.5 Å². The van der Waals surface area contributed by atoms with Crippen LogP contribution in [0.25, 0.3) is 0 Å². The summed E-state index contributed by atoms with van der Waals surface area (Å²) >= 11 is 1.37. The van der Waals surface area contributed by atoms with Crippen LogP contribution in [0.5, 0.6) is 0 Å². The minimum Gasteiger partial charge on any atom is -0.387 e. The molecule has 1 aromatic carbocycles. The van der Waals surface area contributed by atoms with E-state index in [0.717, 1.165) is 10.6 Å². The Bertz CT molecular complexity index is 557. The third-order valence-electron chi connectivity index (χ3n) is 2.69. The highest BCUT2D eigenvalue weighted by molar-refractivity contribution is 7.09. The summed E-state index contributed by atoms with van der Waals surface area (Å²) in [6.07, 6.45) is -0.725. The Morgan fingerprint density at radius 3 is 2.90 bits per heavy atom. The molecule has 106 valence electrons. The SMILES string of the molecule is COCc1nc(C(=O)NC[C@@H](O)c2ccccc2)cs1. The molecule has 2 N–H and O–H groups in total. The molecule has 6 heteroatoms. The maximum Gasteiger partial charge on any atom is 0.270 e. The number of methoxy groups -OCH3 is 1. The number of hydrogen-bond donors (Lipinski definition) is 2. The quantitative estimate of drug-likeness (QED) is 0.851. The fraction of sp³-hybridized carbons (Fsp3) is 0.286. The molecular formula is C14H16N2O3S. The summed E-state index contributed by atoms with van der Waals surface area (Å²) in [7, 11) is 1.58. The number of carbonyl (C=O) groups is 1. The predicted octanol–water partition coefficient (Wildman–Crippen LogP) is 1.75. The first kappa shape index (κ1) is 14.6. The molecule has 0 aliphatic rings. The van der Waals surface area contributed by atoms with Crippen molar-refractivity contribution >= 4 is 17.2 Å². The van der Waals surface area contributed by atoms with E-state index in [2.05, 4.69) is 10.3 Å². The Morgan fingerprint density at radius 1 is 1.45 bits per heavy atom. The van der Waals surface area contributed by atoms with Crippen LogP contribution in [0.2, 0.25) is 0 Å². The molecule has 5 nitrogen and oxygen atoms in total. The third kappa shape index (κ3) is 3.86. The lowest BCUT2D eigenvalue weighted by atomic mass is 10.1. The van der Waals surface area contributed by atoms with E-state index in [1.807, 2.05) is 30.3 Å². The van der Waals surface area contributed by atoms with Crippen LogP contribution in [0, 0.1) is 0 Å². The highest BCUT2D eigenvalue weighted by Gasteiger charge is 2.13. The van der Waals surface area contributed by atoms with Gasteiger partial charge in [0.05, 0.1) is 12.7 Å². The summed E-state index contributed by atoms with van der Waals surface area (Å²) in [6, 6.07) is 9.20. The van der Waals surface area contributed by atoms with Gasteiger partial charge >= 0.3 is 0 Å². The maximum atomic E-state index is 11.9. The van der Waals surface area contributed by atoms with Crippen LogP contribution in [0.3, 0.4) is 0 Å². The third-order valence-corrected chi connectivity index (χ3v) is 3.51. The van der Waals surface area contributed by atoms with Gasteiger partial charge < -0.3 is 15.2 Å². The first-order valence-corrected chi connectivity index (χ1v) is 7.03. The Labute approximate surface area is 121 Å². The van der Waals surface area contributed by atoms with Gasteiger partial charge in [-0.25, -0.2) is 4.98 Å². The highest BCUT2D eigenvalue weighted by Crippen LogP contribution is 2.12. The number of rotatable bonds is 6. The largest absolute Gasteiger partial charge is 0.387 e. The van der Waals surface area contributed by atoms with E-state index in [9.17, 15) is 9.90 Å². The second-order valence-corrected chi connectivity index (χ2v) is 5.14. The average molecular weight is 292 g/mol. The van der Waals surface area contributed by atoms with Crippen LogP contribution >= 0.6 is 11.3 Å². The molecule has 0 radical (unpaired) electrons. The molecule has 1 atom stereocenters. The molecule has 0 aliphatic carbocycles. The van der Waals surface area contributed by atoms with Gasteiger partial charge in [0, 0.05) is 19.0 Å². The van der Waals surface area contributed by atoms with E-state index in [0.29, 0.717) is 12.3 Å². The van der Waals surface area contributed by atoms with Crippen molar-refractivity contribution in [2.45, 2.75) is 12.7 Å². The predicted molar refractivity (Wildman–Crippen MR) is 76.6 cm³/mol.